The maximum Gasteiger partial charge on any atom is 0.238 e. The maximum atomic E-state index is 13.3. The van der Waals surface area contributed by atoms with Gasteiger partial charge in [0.1, 0.15) is 0 Å². The molecule has 0 bridgehead atoms. The first kappa shape index (κ1) is 28.7. The van der Waals surface area contributed by atoms with Gasteiger partial charge in [-0.15, -0.1) is 0 Å². The minimum Gasteiger partial charge on any atom is -0.385 e. The zero-order valence-electron chi connectivity index (χ0n) is 22.0. The first-order valence-electron chi connectivity index (χ1n) is 12.7. The van der Waals surface area contributed by atoms with E-state index >= 15 is 0 Å². The Morgan fingerprint density at radius 1 is 0.625 bits per heavy atom. The molecule has 2 aliphatic rings. The highest BCUT2D eigenvalue weighted by molar-refractivity contribution is 6.36. The first-order valence-corrected chi connectivity index (χ1v) is 12.7. The van der Waals surface area contributed by atoms with Crippen molar-refractivity contribution in [2.45, 2.75) is 12.8 Å². The second-order valence-electron chi connectivity index (χ2n) is 9.45. The van der Waals surface area contributed by atoms with Gasteiger partial charge in [-0.05, 0) is 37.1 Å². The summed E-state index contributed by atoms with van der Waals surface area (Å²) < 4.78 is 9.83. The predicted octanol–water partition coefficient (Wildman–Crippen LogP) is 1.21. The molecular weight excluding hydrogens is 520 g/mol. The van der Waals surface area contributed by atoms with E-state index in [0.717, 1.165) is 0 Å². The number of rotatable bonds is 12. The van der Waals surface area contributed by atoms with Crippen molar-refractivity contribution >= 4 is 40.7 Å². The van der Waals surface area contributed by atoms with Gasteiger partial charge in [0.25, 0.3) is 0 Å². The lowest BCUT2D eigenvalue weighted by atomic mass is 9.96. The first-order chi connectivity index (χ1) is 19.2. The van der Waals surface area contributed by atoms with Crippen LogP contribution in [0.1, 0.15) is 70.2 Å². The fourth-order valence-corrected chi connectivity index (χ4v) is 4.77. The Labute approximate surface area is 229 Å². The largest absolute Gasteiger partial charge is 0.385 e. The van der Waals surface area contributed by atoms with Gasteiger partial charge in [-0.1, -0.05) is 12.1 Å². The third-order valence-corrected chi connectivity index (χ3v) is 6.85. The summed E-state index contributed by atoms with van der Waals surface area (Å²) in [5.41, 5.74) is 0.145. The van der Waals surface area contributed by atoms with Crippen molar-refractivity contribution in [2.24, 2.45) is 11.8 Å². The molecule has 0 fully saturated rings. The van der Waals surface area contributed by atoms with E-state index in [4.69, 9.17) is 9.47 Å². The molecule has 4 rings (SSSR count). The minimum atomic E-state index is -1.52. The van der Waals surface area contributed by atoms with Gasteiger partial charge in [0.2, 0.25) is 11.8 Å². The van der Waals surface area contributed by atoms with E-state index < -0.39 is 52.6 Å². The van der Waals surface area contributed by atoms with Crippen LogP contribution in [0.4, 0.5) is 0 Å². The SMILES string of the molecule is COCCCNC(=O)C1C(=O)c2ccc(C(=O)c3ccc4c(c3)C(=O)C(C(=O)NCCCOC)C4=O)cc2C1=O. The molecule has 2 aliphatic carbocycles. The molecule has 0 spiro atoms. The average Bonchev–Trinajstić information content (AvgIpc) is 3.36. The van der Waals surface area contributed by atoms with Crippen molar-refractivity contribution in [1.82, 2.24) is 10.6 Å². The number of hydrogen-bond acceptors (Lipinski definition) is 9. The van der Waals surface area contributed by atoms with E-state index in [1.54, 1.807) is 0 Å². The van der Waals surface area contributed by atoms with Gasteiger partial charge in [0, 0.05) is 73.9 Å². The molecule has 2 aromatic rings. The quantitative estimate of drug-likeness (QED) is 0.226. The van der Waals surface area contributed by atoms with E-state index in [0.29, 0.717) is 26.1 Å². The number of amides is 2. The summed E-state index contributed by atoms with van der Waals surface area (Å²) in [5, 5.41) is 5.11. The lowest BCUT2D eigenvalue weighted by Gasteiger charge is -2.08. The molecule has 0 aromatic heterocycles. The summed E-state index contributed by atoms with van der Waals surface area (Å²) in [6, 6.07) is 7.89. The van der Waals surface area contributed by atoms with E-state index in [9.17, 15) is 33.6 Å². The van der Waals surface area contributed by atoms with Gasteiger partial charge < -0.3 is 20.1 Å². The second-order valence-corrected chi connectivity index (χ2v) is 9.45. The van der Waals surface area contributed by atoms with Crippen LogP contribution in [0.5, 0.6) is 0 Å². The Morgan fingerprint density at radius 2 is 1.00 bits per heavy atom. The van der Waals surface area contributed by atoms with Crippen LogP contribution in [-0.2, 0) is 19.1 Å². The smallest absolute Gasteiger partial charge is 0.238 e. The van der Waals surface area contributed by atoms with Crippen LogP contribution in [0.3, 0.4) is 0 Å². The molecule has 2 unspecified atom stereocenters. The van der Waals surface area contributed by atoms with Crippen molar-refractivity contribution in [3.63, 3.8) is 0 Å². The molecule has 2 atom stereocenters. The molecule has 208 valence electrons. The monoisotopic (exact) mass is 548 g/mol. The van der Waals surface area contributed by atoms with Crippen molar-refractivity contribution < 1.29 is 43.0 Å². The van der Waals surface area contributed by atoms with Gasteiger partial charge in [0.15, 0.2) is 40.8 Å². The fraction of sp³-hybridized carbons (Fsp3) is 0.345. The molecule has 0 saturated heterocycles. The third kappa shape index (κ3) is 5.38. The van der Waals surface area contributed by atoms with Gasteiger partial charge in [-0.25, -0.2) is 0 Å². The third-order valence-electron chi connectivity index (χ3n) is 6.85. The van der Waals surface area contributed by atoms with E-state index in [-0.39, 0.29) is 46.5 Å². The zero-order valence-corrected chi connectivity index (χ0v) is 22.0. The van der Waals surface area contributed by atoms with Crippen molar-refractivity contribution in [3.05, 3.63) is 69.8 Å². The van der Waals surface area contributed by atoms with Crippen LogP contribution in [0.15, 0.2) is 36.4 Å². The van der Waals surface area contributed by atoms with Crippen molar-refractivity contribution in [3.8, 4) is 0 Å². The Morgan fingerprint density at radius 3 is 1.38 bits per heavy atom. The Hall–Kier alpha value is -4.35. The number of Topliss-reactive ketones (excluding diaryl/α,β-unsaturated/α-hetero) is 4. The Bertz CT molecular complexity index is 1320. The summed E-state index contributed by atoms with van der Waals surface area (Å²) in [4.78, 5) is 89.7. The van der Waals surface area contributed by atoms with Gasteiger partial charge >= 0.3 is 0 Å². The molecule has 0 heterocycles. The van der Waals surface area contributed by atoms with E-state index in [1.807, 2.05) is 0 Å². The summed E-state index contributed by atoms with van der Waals surface area (Å²) in [6.07, 6.45) is 1.02. The summed E-state index contributed by atoms with van der Waals surface area (Å²) in [7, 11) is 3.03. The average molecular weight is 549 g/mol. The number of hydrogen-bond donors (Lipinski definition) is 2. The lowest BCUT2D eigenvalue weighted by Crippen LogP contribution is -2.37. The van der Waals surface area contributed by atoms with Crippen LogP contribution in [0, 0.1) is 11.8 Å². The minimum absolute atomic E-state index is 0.0366. The lowest BCUT2D eigenvalue weighted by molar-refractivity contribution is -0.123. The van der Waals surface area contributed by atoms with Crippen LogP contribution >= 0.6 is 0 Å². The molecule has 0 aliphatic heterocycles. The van der Waals surface area contributed by atoms with Crippen LogP contribution < -0.4 is 10.6 Å². The topological polar surface area (TPSA) is 162 Å². The van der Waals surface area contributed by atoms with Crippen LogP contribution in [0.25, 0.3) is 0 Å². The Kier molecular flexibility index (Phi) is 8.76. The molecule has 11 heteroatoms. The molecule has 2 N–H and O–H groups in total. The maximum absolute atomic E-state index is 13.3. The highest BCUT2D eigenvalue weighted by atomic mass is 16.5. The van der Waals surface area contributed by atoms with Gasteiger partial charge in [-0.2, -0.15) is 0 Å². The molecular formula is C29H28N2O9. The summed E-state index contributed by atoms with van der Waals surface area (Å²) in [5.74, 6) is -7.73. The van der Waals surface area contributed by atoms with E-state index in [1.165, 1.54) is 50.6 Å². The van der Waals surface area contributed by atoms with Crippen LogP contribution in [0.2, 0.25) is 0 Å². The number of benzene rings is 2. The molecule has 40 heavy (non-hydrogen) atoms. The van der Waals surface area contributed by atoms with Crippen molar-refractivity contribution in [1.29, 1.82) is 0 Å². The second kappa shape index (κ2) is 12.2. The Balaban J connectivity index is 1.51. The predicted molar refractivity (Wildman–Crippen MR) is 140 cm³/mol. The molecule has 0 radical (unpaired) electrons. The number of carbonyl (C=O) groups is 7. The normalized spacial score (nSPS) is 17.6. The number of carbonyl (C=O) groups excluding carboxylic acids is 7. The van der Waals surface area contributed by atoms with E-state index in [2.05, 4.69) is 10.6 Å². The summed E-state index contributed by atoms with van der Waals surface area (Å²) in [6.45, 7) is 1.28. The number of fused-ring (bicyclic) bond motifs is 2. The summed E-state index contributed by atoms with van der Waals surface area (Å²) >= 11 is 0. The van der Waals surface area contributed by atoms with Crippen LogP contribution in [-0.4, -0.2) is 81.3 Å². The number of ketones is 5. The highest BCUT2D eigenvalue weighted by Crippen LogP contribution is 2.31. The molecule has 0 saturated carbocycles. The fourth-order valence-electron chi connectivity index (χ4n) is 4.77. The number of ether oxygens (including phenoxy) is 2. The standard InChI is InChI=1S/C29H28N2O9/c1-39-11-3-9-30-28(37)21-24(33)17-7-5-15(13-19(17)26(21)35)23(32)16-6-8-18-20(14-16)27(36)22(25(18)34)29(38)31-10-4-12-40-2/h5-8,13-14,21-22H,3-4,9-12H2,1-2H3,(H,30,37)(H,31,38). The van der Waals surface area contributed by atoms with Gasteiger partial charge in [0.05, 0.1) is 0 Å². The number of methoxy groups -OCH3 is 2. The number of nitrogens with one attached hydrogen (secondary N) is 2. The highest BCUT2D eigenvalue weighted by Gasteiger charge is 2.45. The molecule has 11 nitrogen and oxygen atoms in total. The molecule has 2 aromatic carbocycles. The molecule has 2 amide bonds. The zero-order chi connectivity index (χ0) is 29.0. The van der Waals surface area contributed by atoms with Gasteiger partial charge in [-0.3, -0.25) is 33.6 Å². The van der Waals surface area contributed by atoms with Crippen molar-refractivity contribution in [2.75, 3.05) is 40.5 Å².